The number of rotatable bonds is 7. The summed E-state index contributed by atoms with van der Waals surface area (Å²) in [5.74, 6) is 0. The van der Waals surface area contributed by atoms with Crippen LogP contribution >= 0.6 is 0 Å². The average Bonchev–Trinajstić information content (AvgIpc) is 3.89. The lowest BCUT2D eigenvalue weighted by molar-refractivity contribution is 0.669. The number of anilines is 3. The van der Waals surface area contributed by atoms with Crippen LogP contribution in [0.5, 0.6) is 0 Å². The molecule has 0 saturated carbocycles. The van der Waals surface area contributed by atoms with Crippen LogP contribution in [0, 0.1) is 0 Å². The summed E-state index contributed by atoms with van der Waals surface area (Å²) in [6.07, 6.45) is 0. The third kappa shape index (κ3) is 5.98. The number of hydrogen-bond acceptors (Lipinski definition) is 2. The third-order valence-electron chi connectivity index (χ3n) is 12.2. The van der Waals surface area contributed by atoms with Crippen molar-refractivity contribution < 1.29 is 4.42 Å². The largest absolute Gasteiger partial charge is 0.456 e. The van der Waals surface area contributed by atoms with Crippen molar-refractivity contribution in [1.82, 2.24) is 4.57 Å². The van der Waals surface area contributed by atoms with Gasteiger partial charge in [0.1, 0.15) is 11.2 Å². The number of para-hydroxylation sites is 3. The molecule has 0 unspecified atom stereocenters. The van der Waals surface area contributed by atoms with Gasteiger partial charge < -0.3 is 13.9 Å². The first kappa shape index (κ1) is 34.9. The van der Waals surface area contributed by atoms with E-state index in [1.165, 1.54) is 54.8 Å². The average molecular weight is 779 g/mol. The smallest absolute Gasteiger partial charge is 0.136 e. The van der Waals surface area contributed by atoms with Crippen molar-refractivity contribution in [2.75, 3.05) is 4.90 Å². The van der Waals surface area contributed by atoms with Crippen molar-refractivity contribution in [2.45, 2.75) is 0 Å². The van der Waals surface area contributed by atoms with Crippen LogP contribution in [0.4, 0.5) is 17.1 Å². The topological polar surface area (TPSA) is 21.3 Å². The Morgan fingerprint density at radius 2 is 0.803 bits per heavy atom. The Bertz CT molecular complexity index is 3500. The van der Waals surface area contributed by atoms with E-state index in [2.05, 4.69) is 228 Å². The highest BCUT2D eigenvalue weighted by atomic mass is 16.3. The molecule has 3 heteroatoms. The molecule has 12 aromatic rings. The third-order valence-corrected chi connectivity index (χ3v) is 12.2. The molecular weight excluding hydrogens is 741 g/mol. The molecule has 0 aliphatic rings. The lowest BCUT2D eigenvalue weighted by atomic mass is 9.98. The van der Waals surface area contributed by atoms with Crippen LogP contribution in [-0.2, 0) is 0 Å². The van der Waals surface area contributed by atoms with Crippen LogP contribution < -0.4 is 4.90 Å². The Balaban J connectivity index is 0.907. The fraction of sp³-hybridized carbons (Fsp3) is 0. The molecule has 0 aliphatic carbocycles. The van der Waals surface area contributed by atoms with Crippen LogP contribution in [-0.4, -0.2) is 4.57 Å². The van der Waals surface area contributed by atoms with Gasteiger partial charge in [0.05, 0.1) is 11.0 Å². The fourth-order valence-corrected chi connectivity index (χ4v) is 9.23. The summed E-state index contributed by atoms with van der Waals surface area (Å²) in [4.78, 5) is 2.34. The van der Waals surface area contributed by atoms with E-state index in [-0.39, 0.29) is 0 Å². The zero-order chi connectivity index (χ0) is 40.3. The number of hydrogen-bond donors (Lipinski definition) is 0. The number of benzene rings is 10. The predicted octanol–water partition coefficient (Wildman–Crippen LogP) is 16.3. The highest BCUT2D eigenvalue weighted by Crippen LogP contribution is 2.41. The molecule has 0 radical (unpaired) electrons. The van der Waals surface area contributed by atoms with Gasteiger partial charge >= 0.3 is 0 Å². The van der Waals surface area contributed by atoms with Crippen molar-refractivity contribution in [1.29, 1.82) is 0 Å². The quantitative estimate of drug-likeness (QED) is 0.161. The molecule has 2 aromatic heterocycles. The molecule has 0 spiro atoms. The molecule has 286 valence electrons. The zero-order valence-corrected chi connectivity index (χ0v) is 33.2. The van der Waals surface area contributed by atoms with E-state index in [9.17, 15) is 0 Å². The van der Waals surface area contributed by atoms with Gasteiger partial charge in [-0.3, -0.25) is 0 Å². The normalized spacial score (nSPS) is 11.6. The Morgan fingerprint density at radius 1 is 0.328 bits per heavy atom. The minimum absolute atomic E-state index is 0.900. The van der Waals surface area contributed by atoms with Gasteiger partial charge in [0, 0.05) is 44.3 Å². The Labute approximate surface area is 353 Å². The number of aromatic nitrogens is 1. The van der Waals surface area contributed by atoms with Gasteiger partial charge in [0.2, 0.25) is 0 Å². The molecule has 12 rings (SSSR count). The van der Waals surface area contributed by atoms with Crippen molar-refractivity contribution >= 4 is 71.6 Å². The van der Waals surface area contributed by atoms with Gasteiger partial charge in [-0.2, -0.15) is 0 Å². The Hall–Kier alpha value is -8.14. The van der Waals surface area contributed by atoms with Gasteiger partial charge in [-0.25, -0.2) is 0 Å². The van der Waals surface area contributed by atoms with Crippen LogP contribution in [0.15, 0.2) is 235 Å². The number of fused-ring (bicyclic) bond motifs is 7. The van der Waals surface area contributed by atoms with E-state index < -0.39 is 0 Å². The molecule has 2 heterocycles. The van der Waals surface area contributed by atoms with Crippen molar-refractivity contribution in [3.05, 3.63) is 231 Å². The maximum atomic E-state index is 6.24. The lowest BCUT2D eigenvalue weighted by Crippen LogP contribution is -2.09. The molecule has 0 bridgehead atoms. The Kier molecular flexibility index (Phi) is 8.17. The van der Waals surface area contributed by atoms with Crippen molar-refractivity contribution in [2.24, 2.45) is 0 Å². The summed E-state index contributed by atoms with van der Waals surface area (Å²) in [7, 11) is 0. The summed E-state index contributed by atoms with van der Waals surface area (Å²) >= 11 is 0. The second-order valence-electron chi connectivity index (χ2n) is 15.7. The SMILES string of the molecule is c1ccc2cc(-c3ccc(N(c4ccc(-c5ccc(-n6c7ccccc7c7ccccc76)cc5)cc4)c4ccc(-c5cccc6oc7ccccc7c56)cc4)cc3)ccc2c1. The van der Waals surface area contributed by atoms with Gasteiger partial charge in [0.25, 0.3) is 0 Å². The molecule has 61 heavy (non-hydrogen) atoms. The van der Waals surface area contributed by atoms with Crippen LogP contribution in [0.1, 0.15) is 0 Å². The second-order valence-corrected chi connectivity index (χ2v) is 15.7. The van der Waals surface area contributed by atoms with Gasteiger partial charge in [-0.1, -0.05) is 152 Å². The van der Waals surface area contributed by atoms with E-state index in [1.54, 1.807) is 0 Å². The van der Waals surface area contributed by atoms with Gasteiger partial charge in [-0.15, -0.1) is 0 Å². The van der Waals surface area contributed by atoms with Crippen molar-refractivity contribution in [3.63, 3.8) is 0 Å². The van der Waals surface area contributed by atoms with Crippen molar-refractivity contribution in [3.8, 4) is 39.1 Å². The van der Waals surface area contributed by atoms with E-state index in [0.29, 0.717) is 0 Å². The summed E-state index contributed by atoms with van der Waals surface area (Å²) in [5.41, 5.74) is 15.7. The monoisotopic (exact) mass is 778 g/mol. The van der Waals surface area contributed by atoms with E-state index in [1.807, 2.05) is 12.1 Å². The molecule has 0 fully saturated rings. The minimum Gasteiger partial charge on any atom is -0.456 e. The Morgan fingerprint density at radius 3 is 1.44 bits per heavy atom. The molecule has 0 atom stereocenters. The van der Waals surface area contributed by atoms with E-state index in [0.717, 1.165) is 55.8 Å². The summed E-state index contributed by atoms with van der Waals surface area (Å²) in [6.45, 7) is 0. The van der Waals surface area contributed by atoms with Gasteiger partial charge in [-0.05, 0) is 123 Å². The molecule has 0 amide bonds. The lowest BCUT2D eigenvalue weighted by Gasteiger charge is -2.26. The summed E-state index contributed by atoms with van der Waals surface area (Å²) in [6, 6.07) is 82.9. The number of furan rings is 1. The first-order valence-corrected chi connectivity index (χ1v) is 20.8. The summed E-state index contributed by atoms with van der Waals surface area (Å²) in [5, 5.41) is 7.30. The maximum absolute atomic E-state index is 6.24. The van der Waals surface area contributed by atoms with E-state index in [4.69, 9.17) is 4.42 Å². The maximum Gasteiger partial charge on any atom is 0.136 e. The standard InChI is InChI=1S/C58H38N2O/c1-2-11-44-38-45(21-20-39(44)10-1)42-26-32-47(33-27-42)59(48-36-28-43(29-37-48)50-15-9-19-57-58(50)53-14-5-8-18-56(53)61-57)46-30-22-40(23-31-46)41-24-34-49(35-25-41)60-54-16-6-3-12-51(54)52-13-4-7-17-55(52)60/h1-38H. The first-order valence-electron chi connectivity index (χ1n) is 20.8. The molecule has 10 aromatic carbocycles. The highest BCUT2D eigenvalue weighted by molar-refractivity contribution is 6.12. The second kappa shape index (κ2) is 14.3. The van der Waals surface area contributed by atoms with Crippen LogP contribution in [0.3, 0.4) is 0 Å². The molecule has 3 nitrogen and oxygen atoms in total. The fourth-order valence-electron chi connectivity index (χ4n) is 9.23. The summed E-state index contributed by atoms with van der Waals surface area (Å²) < 4.78 is 8.61. The van der Waals surface area contributed by atoms with Crippen LogP contribution in [0.25, 0.3) is 93.6 Å². The number of nitrogens with zero attached hydrogens (tertiary/aromatic N) is 2. The molecule has 0 aliphatic heterocycles. The zero-order valence-electron chi connectivity index (χ0n) is 33.2. The van der Waals surface area contributed by atoms with Gasteiger partial charge in [0.15, 0.2) is 0 Å². The van der Waals surface area contributed by atoms with Crippen LogP contribution in [0.2, 0.25) is 0 Å². The predicted molar refractivity (Wildman–Crippen MR) is 257 cm³/mol. The molecular formula is C58H38N2O. The molecule has 0 saturated heterocycles. The van der Waals surface area contributed by atoms with E-state index >= 15 is 0 Å². The minimum atomic E-state index is 0.900. The highest BCUT2D eigenvalue weighted by Gasteiger charge is 2.17. The molecule has 0 N–H and O–H groups in total. The first-order chi connectivity index (χ1) is 30.2.